The first-order valence-electron chi connectivity index (χ1n) is 6.15. The maximum Gasteiger partial charge on any atom is 0.411 e. The predicted molar refractivity (Wildman–Crippen MR) is 68.3 cm³/mol. The number of nitrogens with two attached hydrogens (primary N) is 1. The molecule has 0 unspecified atom stereocenters. The summed E-state index contributed by atoms with van der Waals surface area (Å²) in [5, 5.41) is 2.55. The Morgan fingerprint density at radius 3 is 2.42 bits per heavy atom. The van der Waals surface area contributed by atoms with Gasteiger partial charge < -0.3 is 15.8 Å². The number of halogens is 3. The van der Waals surface area contributed by atoms with E-state index in [2.05, 4.69) is 5.32 Å². The lowest BCUT2D eigenvalue weighted by Crippen LogP contribution is -2.38. The van der Waals surface area contributed by atoms with Crippen LogP contribution in [0.3, 0.4) is 0 Å². The van der Waals surface area contributed by atoms with Gasteiger partial charge in [-0.3, -0.25) is 0 Å². The van der Waals surface area contributed by atoms with E-state index < -0.39 is 11.7 Å². The molecule has 0 aromatic heterocycles. The summed E-state index contributed by atoms with van der Waals surface area (Å²) >= 11 is 0. The van der Waals surface area contributed by atoms with E-state index in [9.17, 15) is 13.2 Å². The fourth-order valence-corrected chi connectivity index (χ4v) is 1.85. The molecule has 0 aliphatic heterocycles. The summed E-state index contributed by atoms with van der Waals surface area (Å²) in [5.74, 6) is 0.401. The summed E-state index contributed by atoms with van der Waals surface area (Å²) in [6, 6.07) is 4.60. The molecule has 1 aromatic carbocycles. The summed E-state index contributed by atoms with van der Waals surface area (Å²) in [6.07, 6.45) is -4.13. The monoisotopic (exact) mass is 274 g/mol. The molecule has 0 saturated heterocycles. The second-order valence-electron chi connectivity index (χ2n) is 5.12. The molecule has 1 saturated carbocycles. The highest BCUT2D eigenvalue weighted by Gasteiger charge is 2.63. The van der Waals surface area contributed by atoms with Crippen LogP contribution in [0.25, 0.3) is 0 Å². The van der Waals surface area contributed by atoms with Gasteiger partial charge in [-0.05, 0) is 38.8 Å². The summed E-state index contributed by atoms with van der Waals surface area (Å²) in [5.41, 5.74) is 4.74. The van der Waals surface area contributed by atoms with E-state index in [0.717, 1.165) is 0 Å². The third kappa shape index (κ3) is 2.88. The number of benzene rings is 1. The van der Waals surface area contributed by atoms with Crippen LogP contribution >= 0.6 is 0 Å². The van der Waals surface area contributed by atoms with E-state index in [-0.39, 0.29) is 18.9 Å². The molecular weight excluding hydrogens is 257 g/mol. The number of alkyl halides is 3. The molecule has 106 valence electrons. The first kappa shape index (κ1) is 13.8. The second-order valence-corrected chi connectivity index (χ2v) is 5.12. The van der Waals surface area contributed by atoms with Crippen LogP contribution < -0.4 is 15.8 Å². The molecule has 0 spiro atoms. The van der Waals surface area contributed by atoms with Gasteiger partial charge in [0.2, 0.25) is 0 Å². The van der Waals surface area contributed by atoms with Crippen LogP contribution in [0.1, 0.15) is 26.7 Å². The van der Waals surface area contributed by atoms with E-state index in [0.29, 0.717) is 17.1 Å². The Bertz CT molecular complexity index is 467. The fourth-order valence-electron chi connectivity index (χ4n) is 1.85. The molecule has 6 heteroatoms. The topological polar surface area (TPSA) is 47.3 Å². The molecule has 1 fully saturated rings. The molecule has 0 bridgehead atoms. The van der Waals surface area contributed by atoms with Gasteiger partial charge in [0.1, 0.15) is 11.3 Å². The van der Waals surface area contributed by atoms with Crippen molar-refractivity contribution >= 4 is 11.4 Å². The lowest BCUT2D eigenvalue weighted by atomic mass is 10.2. The molecule has 3 N–H and O–H groups in total. The number of rotatable bonds is 4. The maximum absolute atomic E-state index is 12.9. The highest BCUT2D eigenvalue weighted by Crippen LogP contribution is 2.51. The van der Waals surface area contributed by atoms with Gasteiger partial charge in [0, 0.05) is 11.8 Å². The highest BCUT2D eigenvalue weighted by molar-refractivity contribution is 5.62. The quantitative estimate of drug-likeness (QED) is 0.825. The van der Waals surface area contributed by atoms with Gasteiger partial charge >= 0.3 is 6.18 Å². The Morgan fingerprint density at radius 2 is 1.95 bits per heavy atom. The molecule has 0 heterocycles. The standard InChI is InChI=1S/C13H17F3N2O/c1-8(2)19-11-7-9(3-4-10(11)17)18-12(5-6-12)13(14,15)16/h3-4,7-8,18H,5-6,17H2,1-2H3. The van der Waals surface area contributed by atoms with Crippen LogP contribution in [0.2, 0.25) is 0 Å². The number of anilines is 2. The van der Waals surface area contributed by atoms with Crippen molar-refractivity contribution in [2.24, 2.45) is 0 Å². The average molecular weight is 274 g/mol. The molecule has 2 rings (SSSR count). The van der Waals surface area contributed by atoms with Crippen molar-refractivity contribution in [2.45, 2.75) is 44.5 Å². The average Bonchev–Trinajstić information content (AvgIpc) is 3.02. The molecule has 1 aliphatic rings. The van der Waals surface area contributed by atoms with Gasteiger partial charge in [-0.2, -0.15) is 13.2 Å². The van der Waals surface area contributed by atoms with Crippen LogP contribution in [-0.4, -0.2) is 17.8 Å². The molecule has 1 aromatic rings. The highest BCUT2D eigenvalue weighted by atomic mass is 19.4. The fraction of sp³-hybridized carbons (Fsp3) is 0.538. The van der Waals surface area contributed by atoms with Gasteiger partial charge in [-0.1, -0.05) is 0 Å². The van der Waals surface area contributed by atoms with Crippen molar-refractivity contribution in [2.75, 3.05) is 11.1 Å². The van der Waals surface area contributed by atoms with E-state index in [1.165, 1.54) is 12.1 Å². The van der Waals surface area contributed by atoms with Crippen molar-refractivity contribution < 1.29 is 17.9 Å². The van der Waals surface area contributed by atoms with Crippen molar-refractivity contribution in [3.63, 3.8) is 0 Å². The smallest absolute Gasteiger partial charge is 0.411 e. The third-order valence-electron chi connectivity index (χ3n) is 3.05. The predicted octanol–water partition coefficient (Wildman–Crippen LogP) is 3.56. The summed E-state index contributed by atoms with van der Waals surface area (Å²) in [6.45, 7) is 3.66. The number of nitrogens with one attached hydrogen (secondary N) is 1. The molecular formula is C13H17F3N2O. The van der Waals surface area contributed by atoms with Crippen molar-refractivity contribution in [1.82, 2.24) is 0 Å². The Labute approximate surface area is 109 Å². The minimum absolute atomic E-state index is 0.0879. The minimum Gasteiger partial charge on any atom is -0.489 e. The first-order chi connectivity index (χ1) is 8.73. The Kier molecular flexibility index (Phi) is 3.28. The van der Waals surface area contributed by atoms with Gasteiger partial charge in [0.05, 0.1) is 11.8 Å². The summed E-state index contributed by atoms with van der Waals surface area (Å²) in [4.78, 5) is 0. The van der Waals surface area contributed by atoms with Crippen LogP contribution in [0.5, 0.6) is 5.75 Å². The van der Waals surface area contributed by atoms with Gasteiger partial charge in [-0.25, -0.2) is 0 Å². The van der Waals surface area contributed by atoms with Crippen molar-refractivity contribution in [3.8, 4) is 5.75 Å². The lowest BCUT2D eigenvalue weighted by molar-refractivity contribution is -0.151. The van der Waals surface area contributed by atoms with Crippen LogP contribution in [0.15, 0.2) is 18.2 Å². The van der Waals surface area contributed by atoms with Gasteiger partial charge in [0.25, 0.3) is 0 Å². The summed E-state index contributed by atoms with van der Waals surface area (Å²) < 4.78 is 44.0. The summed E-state index contributed by atoms with van der Waals surface area (Å²) in [7, 11) is 0. The van der Waals surface area contributed by atoms with E-state index >= 15 is 0 Å². The normalized spacial score (nSPS) is 17.4. The zero-order chi connectivity index (χ0) is 14.3. The Morgan fingerprint density at radius 1 is 1.32 bits per heavy atom. The third-order valence-corrected chi connectivity index (χ3v) is 3.05. The molecule has 19 heavy (non-hydrogen) atoms. The van der Waals surface area contributed by atoms with E-state index in [1.807, 2.05) is 13.8 Å². The number of ether oxygens (including phenoxy) is 1. The zero-order valence-electron chi connectivity index (χ0n) is 10.8. The van der Waals surface area contributed by atoms with Crippen LogP contribution in [-0.2, 0) is 0 Å². The largest absolute Gasteiger partial charge is 0.489 e. The Balaban J connectivity index is 2.18. The molecule has 0 atom stereocenters. The van der Waals surface area contributed by atoms with Crippen LogP contribution in [0, 0.1) is 0 Å². The first-order valence-corrected chi connectivity index (χ1v) is 6.15. The molecule has 0 radical (unpaired) electrons. The van der Waals surface area contributed by atoms with Crippen LogP contribution in [0.4, 0.5) is 24.5 Å². The van der Waals surface area contributed by atoms with E-state index in [4.69, 9.17) is 10.5 Å². The van der Waals surface area contributed by atoms with Gasteiger partial charge in [-0.15, -0.1) is 0 Å². The second kappa shape index (κ2) is 4.51. The number of nitrogen functional groups attached to an aromatic ring is 1. The van der Waals surface area contributed by atoms with E-state index in [1.54, 1.807) is 6.07 Å². The van der Waals surface area contributed by atoms with Crippen molar-refractivity contribution in [1.29, 1.82) is 0 Å². The van der Waals surface area contributed by atoms with Crippen molar-refractivity contribution in [3.05, 3.63) is 18.2 Å². The lowest BCUT2D eigenvalue weighted by Gasteiger charge is -2.22. The molecule has 1 aliphatic carbocycles. The maximum atomic E-state index is 12.9. The Hall–Kier alpha value is -1.59. The number of hydrogen-bond acceptors (Lipinski definition) is 3. The minimum atomic E-state index is -4.24. The number of hydrogen-bond donors (Lipinski definition) is 2. The SMILES string of the molecule is CC(C)Oc1cc(NC2(C(F)(F)F)CC2)ccc1N. The molecule has 3 nitrogen and oxygen atoms in total. The van der Waals surface area contributed by atoms with Gasteiger partial charge in [0.15, 0.2) is 0 Å². The zero-order valence-corrected chi connectivity index (χ0v) is 10.8. The molecule has 0 amide bonds.